The summed E-state index contributed by atoms with van der Waals surface area (Å²) >= 11 is 0. The molecule has 7 heteroatoms. The first-order valence-corrected chi connectivity index (χ1v) is 9.37. The summed E-state index contributed by atoms with van der Waals surface area (Å²) < 4.78 is 36.7. The first kappa shape index (κ1) is 25.0. The highest BCUT2D eigenvalue weighted by atomic mass is 31.1. The van der Waals surface area contributed by atoms with E-state index in [1.165, 1.54) is 25.3 Å². The van der Waals surface area contributed by atoms with Gasteiger partial charge in [-0.1, -0.05) is 20.8 Å². The van der Waals surface area contributed by atoms with Crippen molar-refractivity contribution in [1.29, 1.82) is 0 Å². The van der Waals surface area contributed by atoms with E-state index in [0.29, 0.717) is 11.3 Å². The van der Waals surface area contributed by atoms with Gasteiger partial charge in [0.1, 0.15) is 11.5 Å². The van der Waals surface area contributed by atoms with Gasteiger partial charge in [-0.05, 0) is 50.3 Å². The van der Waals surface area contributed by atoms with Gasteiger partial charge in [0.05, 0.1) is 11.3 Å². The normalized spacial score (nSPS) is 10.7. The van der Waals surface area contributed by atoms with Gasteiger partial charge in [-0.15, -0.1) is 8.58 Å². The molecule has 24 heavy (non-hydrogen) atoms. The monoisotopic (exact) mass is 367 g/mol. The highest BCUT2D eigenvalue weighted by Crippen LogP contribution is 2.38. The number of phenols is 1. The van der Waals surface area contributed by atoms with Crippen LogP contribution in [0.25, 0.3) is 0 Å². The molecule has 0 fully saturated rings. The maximum atomic E-state index is 12.2. The molecule has 0 aromatic heterocycles. The van der Waals surface area contributed by atoms with Gasteiger partial charge in [0, 0.05) is 6.42 Å². The Bertz CT molecular complexity index is 491. The Hall–Kier alpha value is -1.29. The second-order valence-electron chi connectivity index (χ2n) is 4.90. The number of carbonyl (C=O) groups excluding carboxylic acids is 1. The van der Waals surface area contributed by atoms with Gasteiger partial charge in [0.15, 0.2) is 0 Å². The average Bonchev–Trinajstić information content (AvgIpc) is 2.49. The van der Waals surface area contributed by atoms with Crippen molar-refractivity contribution < 1.29 is 23.1 Å². The van der Waals surface area contributed by atoms with Crippen LogP contribution in [0.5, 0.6) is 5.75 Å². The molecular formula is C17H29F3NO2P. The SMILES string of the molecule is CC.CCPCCCC(C)=O.Cc1cc(O)c(N)c(C(F)(F)F)c1. The van der Waals surface area contributed by atoms with Crippen LogP contribution in [-0.4, -0.2) is 23.2 Å². The lowest BCUT2D eigenvalue weighted by atomic mass is 10.1. The Balaban J connectivity index is 0. The van der Waals surface area contributed by atoms with Crippen molar-refractivity contribution in [3.8, 4) is 5.75 Å². The van der Waals surface area contributed by atoms with Gasteiger partial charge in [0.2, 0.25) is 0 Å². The fourth-order valence-corrected chi connectivity index (χ4v) is 2.43. The zero-order valence-corrected chi connectivity index (χ0v) is 16.0. The number of nitrogens with two attached hydrogens (primary N) is 1. The van der Waals surface area contributed by atoms with Crippen LogP contribution >= 0.6 is 8.58 Å². The van der Waals surface area contributed by atoms with Crippen molar-refractivity contribution in [2.75, 3.05) is 18.1 Å². The number of hydrogen-bond donors (Lipinski definition) is 2. The van der Waals surface area contributed by atoms with Gasteiger partial charge in [0.25, 0.3) is 0 Å². The number of carbonyl (C=O) groups is 1. The third-order valence-electron chi connectivity index (χ3n) is 2.74. The van der Waals surface area contributed by atoms with Gasteiger partial charge < -0.3 is 15.6 Å². The third kappa shape index (κ3) is 11.3. The minimum atomic E-state index is -4.52. The Labute approximate surface area is 144 Å². The maximum absolute atomic E-state index is 12.2. The molecule has 0 aliphatic rings. The summed E-state index contributed by atoms with van der Waals surface area (Å²) in [5.41, 5.74) is 3.76. The molecule has 0 aliphatic heterocycles. The fourth-order valence-electron chi connectivity index (χ4n) is 1.65. The zero-order chi connectivity index (χ0) is 19.3. The van der Waals surface area contributed by atoms with E-state index >= 15 is 0 Å². The van der Waals surface area contributed by atoms with Crippen LogP contribution in [-0.2, 0) is 11.0 Å². The minimum Gasteiger partial charge on any atom is -0.506 e. The molecular weight excluding hydrogens is 338 g/mol. The molecule has 0 heterocycles. The van der Waals surface area contributed by atoms with Crippen LogP contribution in [0.3, 0.4) is 0 Å². The molecule has 0 aliphatic carbocycles. The Kier molecular flexibility index (Phi) is 13.6. The topological polar surface area (TPSA) is 63.3 Å². The number of aromatic hydroxyl groups is 1. The van der Waals surface area contributed by atoms with E-state index in [1.807, 2.05) is 13.8 Å². The van der Waals surface area contributed by atoms with E-state index in [-0.39, 0.29) is 0 Å². The average molecular weight is 367 g/mol. The molecule has 0 amide bonds. The molecule has 1 unspecified atom stereocenters. The molecule has 0 radical (unpaired) electrons. The summed E-state index contributed by atoms with van der Waals surface area (Å²) in [7, 11) is 1.06. The molecule has 0 spiro atoms. The highest BCUT2D eigenvalue weighted by Gasteiger charge is 2.34. The van der Waals surface area contributed by atoms with Gasteiger partial charge >= 0.3 is 6.18 Å². The van der Waals surface area contributed by atoms with E-state index in [0.717, 1.165) is 27.5 Å². The summed E-state index contributed by atoms with van der Waals surface area (Å²) in [6.07, 6.45) is -0.115. The molecule has 0 saturated carbocycles. The number of aryl methyl sites for hydroxylation is 1. The van der Waals surface area contributed by atoms with Crippen LogP contribution in [0.1, 0.15) is 51.7 Å². The third-order valence-corrected chi connectivity index (χ3v) is 3.95. The first-order chi connectivity index (χ1) is 11.1. The van der Waals surface area contributed by atoms with Crippen molar-refractivity contribution in [1.82, 2.24) is 0 Å². The predicted molar refractivity (Wildman–Crippen MR) is 97.2 cm³/mol. The molecule has 0 bridgehead atoms. The van der Waals surface area contributed by atoms with E-state index < -0.39 is 23.2 Å². The summed E-state index contributed by atoms with van der Waals surface area (Å²) in [4.78, 5) is 10.4. The number of halogens is 3. The summed E-state index contributed by atoms with van der Waals surface area (Å²) in [5.74, 6) is -0.205. The van der Waals surface area contributed by atoms with Crippen molar-refractivity contribution in [2.24, 2.45) is 0 Å². The quantitative estimate of drug-likeness (QED) is 0.318. The lowest BCUT2D eigenvalue weighted by molar-refractivity contribution is -0.137. The van der Waals surface area contributed by atoms with Crippen molar-refractivity contribution in [3.05, 3.63) is 23.3 Å². The van der Waals surface area contributed by atoms with Gasteiger partial charge in [-0.3, -0.25) is 0 Å². The molecule has 1 aromatic carbocycles. The fraction of sp³-hybridized carbons (Fsp3) is 0.588. The molecule has 1 aromatic rings. The van der Waals surface area contributed by atoms with Crippen molar-refractivity contribution in [2.45, 2.75) is 53.6 Å². The van der Waals surface area contributed by atoms with Crippen LogP contribution in [0.2, 0.25) is 0 Å². The number of anilines is 1. The molecule has 3 nitrogen and oxygen atoms in total. The van der Waals surface area contributed by atoms with E-state index in [9.17, 15) is 18.0 Å². The Morgan fingerprint density at radius 3 is 2.25 bits per heavy atom. The molecule has 1 rings (SSSR count). The summed E-state index contributed by atoms with van der Waals surface area (Å²) in [6, 6.07) is 2.08. The van der Waals surface area contributed by atoms with Crippen LogP contribution < -0.4 is 5.73 Å². The molecule has 140 valence electrons. The number of alkyl halides is 3. The number of Topliss-reactive ketones (excluding diaryl/α,β-unsaturated/α-hetero) is 1. The standard InChI is InChI=1S/C8H8F3NO.C7H15OP.C2H6/c1-4-2-5(8(9,10)11)7(12)6(13)3-4;1-3-9-6-4-5-7(2)8;1-2/h2-3,13H,12H2,1H3;9H,3-6H2,1-2H3;1-2H3. The lowest BCUT2D eigenvalue weighted by Gasteiger charge is -2.11. The second kappa shape index (κ2) is 13.1. The molecule has 3 N–H and O–H groups in total. The Morgan fingerprint density at radius 1 is 1.29 bits per heavy atom. The van der Waals surface area contributed by atoms with Gasteiger partial charge in [-0.2, -0.15) is 13.2 Å². The van der Waals surface area contributed by atoms with Crippen molar-refractivity contribution in [3.63, 3.8) is 0 Å². The largest absolute Gasteiger partial charge is 0.506 e. The molecule has 0 saturated heterocycles. The minimum absolute atomic E-state index is 0.319. The number of rotatable bonds is 5. The maximum Gasteiger partial charge on any atom is 0.418 e. The number of ketones is 1. The first-order valence-electron chi connectivity index (χ1n) is 7.96. The number of hydrogen-bond acceptors (Lipinski definition) is 3. The Morgan fingerprint density at radius 2 is 1.83 bits per heavy atom. The van der Waals surface area contributed by atoms with Crippen molar-refractivity contribution >= 4 is 20.1 Å². The predicted octanol–water partition coefficient (Wildman–Crippen LogP) is 5.38. The summed E-state index contributed by atoms with van der Waals surface area (Å²) in [5, 5.41) is 9.02. The highest BCUT2D eigenvalue weighted by molar-refractivity contribution is 7.37. The second-order valence-corrected chi connectivity index (χ2v) is 6.61. The number of benzene rings is 1. The number of phenolic OH excluding ortho intramolecular Hbond substituents is 1. The smallest absolute Gasteiger partial charge is 0.418 e. The molecule has 1 atom stereocenters. The lowest BCUT2D eigenvalue weighted by Crippen LogP contribution is -2.09. The summed E-state index contributed by atoms with van der Waals surface area (Å²) in [6.45, 7) is 9.30. The van der Waals surface area contributed by atoms with Crippen LogP contribution in [0.4, 0.5) is 18.9 Å². The van der Waals surface area contributed by atoms with Crippen LogP contribution in [0.15, 0.2) is 12.1 Å². The van der Waals surface area contributed by atoms with Gasteiger partial charge in [-0.25, -0.2) is 0 Å². The number of nitrogen functional groups attached to an aromatic ring is 1. The van der Waals surface area contributed by atoms with E-state index in [4.69, 9.17) is 10.8 Å². The van der Waals surface area contributed by atoms with E-state index in [2.05, 4.69) is 6.92 Å². The van der Waals surface area contributed by atoms with E-state index in [1.54, 1.807) is 6.92 Å². The van der Waals surface area contributed by atoms with Crippen LogP contribution in [0, 0.1) is 6.92 Å². The zero-order valence-electron chi connectivity index (χ0n) is 15.0.